The van der Waals surface area contributed by atoms with E-state index in [1.807, 2.05) is 53.1 Å². The molecule has 0 radical (unpaired) electrons. The fraction of sp³-hybridized carbons (Fsp3) is 0.0800. The molecule has 0 saturated carbocycles. The van der Waals surface area contributed by atoms with Gasteiger partial charge in [0.25, 0.3) is 0 Å². The first-order chi connectivity index (χ1) is 15.1. The molecule has 2 aromatic carbocycles. The van der Waals surface area contributed by atoms with Crippen LogP contribution in [0.15, 0.2) is 79.0 Å². The molecule has 0 bridgehead atoms. The summed E-state index contributed by atoms with van der Waals surface area (Å²) >= 11 is 6.06. The highest BCUT2D eigenvalue weighted by molar-refractivity contribution is 6.30. The van der Waals surface area contributed by atoms with Gasteiger partial charge in [-0.2, -0.15) is 0 Å². The van der Waals surface area contributed by atoms with Crippen molar-refractivity contribution in [1.82, 2.24) is 19.5 Å². The van der Waals surface area contributed by atoms with Crippen LogP contribution >= 0.6 is 11.6 Å². The Morgan fingerprint density at radius 3 is 2.39 bits per heavy atom. The summed E-state index contributed by atoms with van der Waals surface area (Å²) in [6, 6.07) is 23.8. The molecule has 0 atom stereocenters. The standard InChI is InChI=1S/C25H20ClN5/c1-2-16-5-11-19(12-6-16)31-24(20-4-3-15-28-23(20)27)30-22-14-13-21(29-25(22)31)17-7-9-18(26)10-8-17/h3-15H,2H2,1H3,(H2,27,28). The van der Waals surface area contributed by atoms with Crippen molar-refractivity contribution in [2.24, 2.45) is 0 Å². The highest BCUT2D eigenvalue weighted by Gasteiger charge is 2.18. The molecular weight excluding hydrogens is 406 g/mol. The first-order valence-electron chi connectivity index (χ1n) is 10.1. The van der Waals surface area contributed by atoms with E-state index in [2.05, 4.69) is 36.2 Å². The topological polar surface area (TPSA) is 69.6 Å². The molecule has 0 spiro atoms. The van der Waals surface area contributed by atoms with Crippen LogP contribution in [-0.4, -0.2) is 19.5 Å². The molecule has 31 heavy (non-hydrogen) atoms. The predicted octanol–water partition coefficient (Wildman–Crippen LogP) is 5.95. The van der Waals surface area contributed by atoms with Gasteiger partial charge in [-0.25, -0.2) is 15.0 Å². The normalized spacial score (nSPS) is 11.2. The largest absolute Gasteiger partial charge is 0.383 e. The molecule has 0 unspecified atom stereocenters. The third-order valence-corrected chi connectivity index (χ3v) is 5.58. The molecule has 5 aromatic rings. The first-order valence-corrected chi connectivity index (χ1v) is 10.5. The highest BCUT2D eigenvalue weighted by Crippen LogP contribution is 2.32. The van der Waals surface area contributed by atoms with Crippen molar-refractivity contribution in [3.05, 3.63) is 89.6 Å². The van der Waals surface area contributed by atoms with Gasteiger partial charge in [0.15, 0.2) is 11.5 Å². The van der Waals surface area contributed by atoms with Crippen LogP contribution in [0.25, 0.3) is 39.5 Å². The van der Waals surface area contributed by atoms with Gasteiger partial charge in [-0.05, 0) is 60.5 Å². The molecule has 5 rings (SSSR count). The average Bonchev–Trinajstić information content (AvgIpc) is 3.18. The Morgan fingerprint density at radius 2 is 1.68 bits per heavy atom. The molecule has 2 N–H and O–H groups in total. The molecule has 5 nitrogen and oxygen atoms in total. The van der Waals surface area contributed by atoms with Crippen molar-refractivity contribution >= 4 is 28.6 Å². The minimum atomic E-state index is 0.433. The van der Waals surface area contributed by atoms with Gasteiger partial charge >= 0.3 is 0 Å². The van der Waals surface area contributed by atoms with Gasteiger partial charge in [0, 0.05) is 22.5 Å². The van der Waals surface area contributed by atoms with Gasteiger partial charge < -0.3 is 5.73 Å². The molecule has 3 aromatic heterocycles. The summed E-state index contributed by atoms with van der Waals surface area (Å²) < 4.78 is 2.04. The molecule has 0 aliphatic rings. The second kappa shape index (κ2) is 7.85. The number of nitrogens with zero attached hydrogens (tertiary/aromatic N) is 4. The van der Waals surface area contributed by atoms with E-state index in [1.165, 1.54) is 5.56 Å². The third kappa shape index (κ3) is 3.53. The van der Waals surface area contributed by atoms with Crippen molar-refractivity contribution in [1.29, 1.82) is 0 Å². The first kappa shape index (κ1) is 19.3. The number of halogens is 1. The molecule has 3 heterocycles. The third-order valence-electron chi connectivity index (χ3n) is 5.33. The van der Waals surface area contributed by atoms with Crippen LogP contribution in [0.2, 0.25) is 5.02 Å². The minimum absolute atomic E-state index is 0.433. The maximum atomic E-state index is 6.20. The van der Waals surface area contributed by atoms with E-state index in [9.17, 15) is 0 Å². The van der Waals surface area contributed by atoms with Gasteiger partial charge in [-0.15, -0.1) is 0 Å². The second-order valence-corrected chi connectivity index (χ2v) is 7.71. The van der Waals surface area contributed by atoms with Gasteiger partial charge in [-0.3, -0.25) is 4.57 Å². The Kier molecular flexibility index (Phi) is 4.88. The summed E-state index contributed by atoms with van der Waals surface area (Å²) in [6.45, 7) is 2.14. The highest BCUT2D eigenvalue weighted by atomic mass is 35.5. The lowest BCUT2D eigenvalue weighted by Crippen LogP contribution is -2.02. The number of nitrogens with two attached hydrogens (primary N) is 1. The second-order valence-electron chi connectivity index (χ2n) is 7.27. The number of pyridine rings is 2. The maximum absolute atomic E-state index is 6.20. The molecule has 152 valence electrons. The predicted molar refractivity (Wildman–Crippen MR) is 126 cm³/mol. The van der Waals surface area contributed by atoms with Crippen LogP contribution in [0.4, 0.5) is 5.82 Å². The number of aryl methyl sites for hydroxylation is 1. The summed E-state index contributed by atoms with van der Waals surface area (Å²) in [7, 11) is 0. The minimum Gasteiger partial charge on any atom is -0.383 e. The quantitative estimate of drug-likeness (QED) is 0.386. The average molecular weight is 426 g/mol. The number of benzene rings is 2. The van der Waals surface area contributed by atoms with Crippen LogP contribution in [0, 0.1) is 0 Å². The Morgan fingerprint density at radius 1 is 0.903 bits per heavy atom. The van der Waals surface area contributed by atoms with E-state index >= 15 is 0 Å². The van der Waals surface area contributed by atoms with Crippen molar-refractivity contribution in [3.8, 4) is 28.3 Å². The summed E-state index contributed by atoms with van der Waals surface area (Å²) in [5.74, 6) is 1.15. The Bertz CT molecular complexity index is 1370. The molecule has 0 saturated heterocycles. The number of rotatable bonds is 4. The van der Waals surface area contributed by atoms with Gasteiger partial charge in [0.05, 0.1) is 11.3 Å². The van der Waals surface area contributed by atoms with E-state index in [4.69, 9.17) is 27.3 Å². The number of imidazole rings is 1. The van der Waals surface area contributed by atoms with Crippen LogP contribution in [0.3, 0.4) is 0 Å². The van der Waals surface area contributed by atoms with E-state index in [0.29, 0.717) is 16.7 Å². The number of aromatic nitrogens is 4. The van der Waals surface area contributed by atoms with Gasteiger partial charge in [0.2, 0.25) is 0 Å². The Balaban J connectivity index is 1.77. The van der Waals surface area contributed by atoms with Crippen molar-refractivity contribution in [2.75, 3.05) is 5.73 Å². The fourth-order valence-corrected chi connectivity index (χ4v) is 3.78. The number of nitrogen functional groups attached to an aromatic ring is 1. The maximum Gasteiger partial charge on any atom is 0.165 e. The zero-order valence-corrected chi connectivity index (χ0v) is 17.7. The monoisotopic (exact) mass is 425 g/mol. The zero-order chi connectivity index (χ0) is 21.4. The molecule has 0 aliphatic heterocycles. The van der Waals surface area contributed by atoms with Gasteiger partial charge in [0.1, 0.15) is 11.3 Å². The lowest BCUT2D eigenvalue weighted by molar-refractivity contribution is 1.06. The number of hydrogen-bond donors (Lipinski definition) is 1. The van der Waals surface area contributed by atoms with E-state index in [1.54, 1.807) is 6.20 Å². The lowest BCUT2D eigenvalue weighted by Gasteiger charge is -2.11. The van der Waals surface area contributed by atoms with E-state index in [0.717, 1.165) is 40.1 Å². The fourth-order valence-electron chi connectivity index (χ4n) is 3.65. The number of fused-ring (bicyclic) bond motifs is 1. The van der Waals surface area contributed by atoms with Crippen molar-refractivity contribution in [3.63, 3.8) is 0 Å². The summed E-state index contributed by atoms with van der Waals surface area (Å²) in [4.78, 5) is 14.1. The number of anilines is 1. The van der Waals surface area contributed by atoms with Crippen molar-refractivity contribution in [2.45, 2.75) is 13.3 Å². The summed E-state index contributed by atoms with van der Waals surface area (Å²) in [5.41, 5.74) is 12.6. The van der Waals surface area contributed by atoms with Crippen LogP contribution in [-0.2, 0) is 6.42 Å². The summed E-state index contributed by atoms with van der Waals surface area (Å²) in [5, 5.41) is 0.695. The zero-order valence-electron chi connectivity index (χ0n) is 17.0. The Hall–Kier alpha value is -3.70. The van der Waals surface area contributed by atoms with E-state index in [-0.39, 0.29) is 0 Å². The molecule has 0 amide bonds. The van der Waals surface area contributed by atoms with Crippen molar-refractivity contribution < 1.29 is 0 Å². The Labute approximate surface area is 185 Å². The lowest BCUT2D eigenvalue weighted by atomic mass is 10.1. The van der Waals surface area contributed by atoms with E-state index < -0.39 is 0 Å². The molecule has 0 fully saturated rings. The number of hydrogen-bond acceptors (Lipinski definition) is 4. The smallest absolute Gasteiger partial charge is 0.165 e. The molecule has 6 heteroatoms. The van der Waals surface area contributed by atoms with Gasteiger partial charge in [-0.1, -0.05) is 42.8 Å². The van der Waals surface area contributed by atoms with Crippen LogP contribution in [0.5, 0.6) is 0 Å². The van der Waals surface area contributed by atoms with Crippen LogP contribution in [0.1, 0.15) is 12.5 Å². The molecular formula is C25H20ClN5. The molecule has 0 aliphatic carbocycles. The van der Waals surface area contributed by atoms with Crippen LogP contribution < -0.4 is 5.73 Å². The SMILES string of the molecule is CCc1ccc(-n2c(-c3cccnc3N)nc3ccc(-c4ccc(Cl)cc4)nc32)cc1. The summed E-state index contributed by atoms with van der Waals surface area (Å²) in [6.07, 6.45) is 2.66.